The van der Waals surface area contributed by atoms with Crippen molar-refractivity contribution in [3.8, 4) is 0 Å². The molecule has 0 spiro atoms. The Morgan fingerprint density at radius 2 is 1.85 bits per heavy atom. The second-order valence-corrected chi connectivity index (χ2v) is 6.05. The number of esters is 1. The molecule has 0 atom stereocenters. The summed E-state index contributed by atoms with van der Waals surface area (Å²) in [7, 11) is 0. The van der Waals surface area contributed by atoms with Crippen molar-refractivity contribution in [1.82, 2.24) is 25.1 Å². The number of nitrogens with zero attached hydrogens (tertiary/aromatic N) is 7. The Hall–Kier alpha value is -3.30. The van der Waals surface area contributed by atoms with Crippen LogP contribution in [-0.2, 0) is 4.74 Å². The molecule has 10 heteroatoms. The maximum Gasteiger partial charge on any atom is 0.361 e. The summed E-state index contributed by atoms with van der Waals surface area (Å²) in [4.78, 5) is 33.8. The first-order chi connectivity index (χ1) is 13.2. The Balaban J connectivity index is 1.64. The van der Waals surface area contributed by atoms with E-state index in [0.29, 0.717) is 36.1 Å². The molecule has 1 fully saturated rings. The summed E-state index contributed by atoms with van der Waals surface area (Å²) < 4.78 is 10.3. The van der Waals surface area contributed by atoms with Gasteiger partial charge in [0.15, 0.2) is 0 Å². The van der Waals surface area contributed by atoms with Gasteiger partial charge in [-0.05, 0) is 19.9 Å². The average Bonchev–Trinajstić information content (AvgIpc) is 3.12. The summed E-state index contributed by atoms with van der Waals surface area (Å²) >= 11 is 0. The van der Waals surface area contributed by atoms with Gasteiger partial charge in [0.25, 0.3) is 5.71 Å². The lowest BCUT2D eigenvalue weighted by Gasteiger charge is -2.35. The van der Waals surface area contributed by atoms with E-state index in [-0.39, 0.29) is 18.0 Å². The highest BCUT2D eigenvalue weighted by Gasteiger charge is 2.28. The van der Waals surface area contributed by atoms with Gasteiger partial charge in [0.2, 0.25) is 11.6 Å². The predicted octanol–water partition coefficient (Wildman–Crippen LogP) is 1.22. The highest BCUT2D eigenvalue weighted by molar-refractivity contribution is 6.04. The van der Waals surface area contributed by atoms with Crippen LogP contribution in [0, 0.1) is 6.92 Å². The van der Waals surface area contributed by atoms with Gasteiger partial charge in [-0.15, -0.1) is 0 Å². The first kappa shape index (κ1) is 17.1. The Bertz CT molecular complexity index is 952. The van der Waals surface area contributed by atoms with Crippen LogP contribution >= 0.6 is 0 Å². The van der Waals surface area contributed by atoms with Gasteiger partial charge >= 0.3 is 5.97 Å². The number of carbonyl (C=O) groups is 1. The number of hydrogen-bond acceptors (Lipinski definition) is 10. The minimum atomic E-state index is -0.540. The lowest BCUT2D eigenvalue weighted by molar-refractivity contribution is 0.0517. The number of ether oxygens (including phenoxy) is 1. The minimum Gasteiger partial charge on any atom is -0.461 e. The molecule has 3 aromatic rings. The van der Waals surface area contributed by atoms with Crippen molar-refractivity contribution in [3.05, 3.63) is 30.0 Å². The first-order valence-electron chi connectivity index (χ1n) is 8.75. The van der Waals surface area contributed by atoms with Crippen LogP contribution in [-0.4, -0.2) is 63.8 Å². The zero-order valence-corrected chi connectivity index (χ0v) is 15.1. The Morgan fingerprint density at radius 3 is 2.56 bits per heavy atom. The molecule has 0 saturated carbocycles. The van der Waals surface area contributed by atoms with Crippen LogP contribution in [0.15, 0.2) is 23.0 Å². The smallest absolute Gasteiger partial charge is 0.361 e. The van der Waals surface area contributed by atoms with Gasteiger partial charge in [0.05, 0.1) is 6.61 Å². The van der Waals surface area contributed by atoms with E-state index < -0.39 is 5.97 Å². The number of piperazine rings is 1. The van der Waals surface area contributed by atoms with Gasteiger partial charge in [0, 0.05) is 38.6 Å². The number of fused-ring (bicyclic) bond motifs is 1. The monoisotopic (exact) mass is 369 g/mol. The van der Waals surface area contributed by atoms with E-state index >= 15 is 0 Å². The highest BCUT2D eigenvalue weighted by Crippen LogP contribution is 2.29. The molecule has 1 saturated heterocycles. The van der Waals surface area contributed by atoms with Crippen molar-refractivity contribution in [3.63, 3.8) is 0 Å². The maximum absolute atomic E-state index is 12.2. The van der Waals surface area contributed by atoms with Crippen LogP contribution in [0.3, 0.4) is 0 Å². The quantitative estimate of drug-likeness (QED) is 0.622. The second kappa shape index (κ2) is 7.14. The Morgan fingerprint density at radius 1 is 1.15 bits per heavy atom. The van der Waals surface area contributed by atoms with Crippen molar-refractivity contribution in [2.45, 2.75) is 13.8 Å². The Labute approximate surface area is 155 Å². The van der Waals surface area contributed by atoms with Gasteiger partial charge < -0.3 is 19.1 Å². The van der Waals surface area contributed by atoms with E-state index in [1.54, 1.807) is 32.3 Å². The van der Waals surface area contributed by atoms with Crippen molar-refractivity contribution in [2.75, 3.05) is 42.6 Å². The van der Waals surface area contributed by atoms with Gasteiger partial charge in [-0.3, -0.25) is 0 Å². The number of rotatable bonds is 4. The summed E-state index contributed by atoms with van der Waals surface area (Å²) in [5.74, 6) is 1.35. The number of anilines is 2. The molecule has 0 aromatic carbocycles. The van der Waals surface area contributed by atoms with Crippen LogP contribution in [0.25, 0.3) is 11.1 Å². The van der Waals surface area contributed by atoms with Crippen molar-refractivity contribution < 1.29 is 14.1 Å². The molecular formula is C17H19N7O3. The SMILES string of the molecule is CCOC(=O)c1noc2nc(C)nc(N3CCN(c4ncccn4)CC3)c12. The summed E-state index contributed by atoms with van der Waals surface area (Å²) in [5.41, 5.74) is 0.394. The molecule has 0 N–H and O–H groups in total. The van der Waals surface area contributed by atoms with Gasteiger partial charge in [-0.25, -0.2) is 19.7 Å². The van der Waals surface area contributed by atoms with Crippen LogP contribution in [0.5, 0.6) is 0 Å². The van der Waals surface area contributed by atoms with Crippen LogP contribution in [0.1, 0.15) is 23.2 Å². The van der Waals surface area contributed by atoms with Crippen molar-refractivity contribution in [1.29, 1.82) is 0 Å². The largest absolute Gasteiger partial charge is 0.461 e. The fraction of sp³-hybridized carbons (Fsp3) is 0.412. The van der Waals surface area contributed by atoms with E-state index in [0.717, 1.165) is 13.1 Å². The predicted molar refractivity (Wildman–Crippen MR) is 96.8 cm³/mol. The zero-order valence-electron chi connectivity index (χ0n) is 15.1. The average molecular weight is 369 g/mol. The summed E-state index contributed by atoms with van der Waals surface area (Å²) in [6, 6.07) is 1.79. The van der Waals surface area contributed by atoms with Crippen LogP contribution in [0.2, 0.25) is 0 Å². The van der Waals surface area contributed by atoms with E-state index in [2.05, 4.69) is 34.9 Å². The molecule has 4 rings (SSSR count). The number of aryl methyl sites for hydroxylation is 1. The van der Waals surface area contributed by atoms with Gasteiger partial charge in [0.1, 0.15) is 17.0 Å². The highest BCUT2D eigenvalue weighted by atomic mass is 16.5. The molecule has 1 aliphatic rings. The van der Waals surface area contributed by atoms with Gasteiger partial charge in [-0.1, -0.05) is 5.16 Å². The van der Waals surface area contributed by atoms with Crippen LogP contribution in [0.4, 0.5) is 11.8 Å². The summed E-state index contributed by atoms with van der Waals surface area (Å²) in [5, 5.41) is 4.35. The third kappa shape index (κ3) is 3.25. The van der Waals surface area contributed by atoms with E-state index in [1.807, 2.05) is 0 Å². The molecule has 10 nitrogen and oxygen atoms in total. The molecule has 0 unspecified atom stereocenters. The summed E-state index contributed by atoms with van der Waals surface area (Å²) in [6.45, 7) is 6.62. The number of hydrogen-bond donors (Lipinski definition) is 0. The fourth-order valence-electron chi connectivity index (χ4n) is 3.08. The second-order valence-electron chi connectivity index (χ2n) is 6.05. The molecular weight excluding hydrogens is 350 g/mol. The summed E-state index contributed by atoms with van der Waals surface area (Å²) in [6.07, 6.45) is 3.46. The first-order valence-corrected chi connectivity index (χ1v) is 8.75. The van der Waals surface area contributed by atoms with E-state index in [1.165, 1.54) is 0 Å². The van der Waals surface area contributed by atoms with Crippen LogP contribution < -0.4 is 9.80 Å². The van der Waals surface area contributed by atoms with E-state index in [9.17, 15) is 4.79 Å². The standard InChI is InChI=1S/C17H19N7O3/c1-3-26-16(25)13-12-14(20-11(2)21-15(12)27-22-13)23-7-9-24(10-8-23)17-18-5-4-6-19-17/h4-6H,3,7-10H2,1-2H3. The molecule has 4 heterocycles. The normalized spacial score (nSPS) is 14.6. The van der Waals surface area contributed by atoms with Crippen molar-refractivity contribution >= 4 is 28.8 Å². The zero-order chi connectivity index (χ0) is 18.8. The molecule has 140 valence electrons. The third-order valence-electron chi connectivity index (χ3n) is 4.31. The molecule has 1 aliphatic heterocycles. The van der Waals surface area contributed by atoms with E-state index in [4.69, 9.17) is 9.26 Å². The molecule has 0 aliphatic carbocycles. The number of aromatic nitrogens is 5. The van der Waals surface area contributed by atoms with Gasteiger partial charge in [-0.2, -0.15) is 4.98 Å². The third-order valence-corrected chi connectivity index (χ3v) is 4.31. The topological polar surface area (TPSA) is 110 Å². The molecule has 0 amide bonds. The fourth-order valence-corrected chi connectivity index (χ4v) is 3.08. The minimum absolute atomic E-state index is 0.107. The Kier molecular flexibility index (Phi) is 4.53. The molecule has 0 radical (unpaired) electrons. The molecule has 0 bridgehead atoms. The maximum atomic E-state index is 12.2. The molecule has 3 aromatic heterocycles. The number of carbonyl (C=O) groups excluding carboxylic acids is 1. The molecule has 27 heavy (non-hydrogen) atoms. The lowest BCUT2D eigenvalue weighted by Crippen LogP contribution is -2.47. The lowest BCUT2D eigenvalue weighted by atomic mass is 10.2. The van der Waals surface area contributed by atoms with Crippen molar-refractivity contribution in [2.24, 2.45) is 0 Å².